The van der Waals surface area contributed by atoms with E-state index in [2.05, 4.69) is 44.9 Å². The Labute approximate surface area is 274 Å². The molecule has 3 amide bonds. The lowest BCUT2D eigenvalue weighted by Gasteiger charge is -2.31. The molecule has 0 saturated carbocycles. The molecule has 5 rings (SSSR count). The van der Waals surface area contributed by atoms with Gasteiger partial charge in [0, 0.05) is 23.9 Å². The van der Waals surface area contributed by atoms with Crippen molar-refractivity contribution in [3.05, 3.63) is 121 Å². The molecule has 0 radical (unpaired) electrons. The van der Waals surface area contributed by atoms with E-state index >= 15 is 0 Å². The highest BCUT2D eigenvalue weighted by Gasteiger charge is 2.54. The zero-order valence-electron chi connectivity index (χ0n) is 26.2. The molecule has 0 saturated heterocycles. The number of amidine groups is 1. The first kappa shape index (κ1) is 34.3. The Morgan fingerprint density at radius 1 is 0.787 bits per heavy atom. The molecular weight excluding hydrogens is 618 g/mol. The maximum absolute atomic E-state index is 14.0. The van der Waals surface area contributed by atoms with Crippen molar-refractivity contribution in [1.82, 2.24) is 16.0 Å². The predicted molar refractivity (Wildman–Crippen MR) is 183 cm³/mol. The molecule has 13 heteroatoms. The summed E-state index contributed by atoms with van der Waals surface area (Å²) in [5.74, 6) is -2.20. The molecule has 0 aliphatic carbocycles. The van der Waals surface area contributed by atoms with Gasteiger partial charge in [0.15, 0.2) is 5.84 Å². The smallest absolute Gasteiger partial charge is 0.302 e. The van der Waals surface area contributed by atoms with E-state index in [1.165, 1.54) is 31.2 Å². The van der Waals surface area contributed by atoms with E-state index in [9.17, 15) is 22.8 Å². The molecule has 244 valence electrons. The molecule has 0 bridgehead atoms. The average Bonchev–Trinajstić information content (AvgIpc) is 3.32. The Hall–Kier alpha value is -5.53. The number of amides is 3. The van der Waals surface area contributed by atoms with Crippen LogP contribution < -0.4 is 31.0 Å². The van der Waals surface area contributed by atoms with E-state index in [-0.39, 0.29) is 16.3 Å². The maximum Gasteiger partial charge on any atom is 0.302 e. The van der Waals surface area contributed by atoms with Gasteiger partial charge >= 0.3 is 5.91 Å². The number of nitrogens with one attached hydrogen (secondary N) is 5. The van der Waals surface area contributed by atoms with Crippen LogP contribution in [0.15, 0.2) is 125 Å². The van der Waals surface area contributed by atoms with Gasteiger partial charge in [0.2, 0.25) is 5.91 Å². The van der Waals surface area contributed by atoms with Crippen LogP contribution in [0.2, 0.25) is 0 Å². The van der Waals surface area contributed by atoms with E-state index < -0.39 is 33.4 Å². The normalized spacial score (nSPS) is 15.5. The molecule has 12 nitrogen and oxygen atoms in total. The molecule has 47 heavy (non-hydrogen) atoms. The number of hydrogen-bond donors (Lipinski definition) is 5. The minimum atomic E-state index is -4.02. The summed E-state index contributed by atoms with van der Waals surface area (Å²) in [6.07, 6.45) is 0. The Morgan fingerprint density at radius 2 is 1.36 bits per heavy atom. The largest absolute Gasteiger partial charge is 0.348 e. The van der Waals surface area contributed by atoms with Crippen LogP contribution in [0.1, 0.15) is 31.1 Å². The van der Waals surface area contributed by atoms with Gasteiger partial charge in [-0.1, -0.05) is 74.5 Å². The molecular formula is C34H37N7O5S. The highest BCUT2D eigenvalue weighted by molar-refractivity contribution is 7.92. The molecule has 5 N–H and O–H groups in total. The Morgan fingerprint density at radius 3 is 1.91 bits per heavy atom. The first-order valence-corrected chi connectivity index (χ1v) is 16.4. The van der Waals surface area contributed by atoms with E-state index in [1.54, 1.807) is 91.0 Å². The van der Waals surface area contributed by atoms with Crippen LogP contribution in [-0.2, 0) is 19.6 Å². The molecule has 0 fully saturated rings. The summed E-state index contributed by atoms with van der Waals surface area (Å²) in [7, 11) is -4.02. The number of rotatable bonds is 10. The summed E-state index contributed by atoms with van der Waals surface area (Å²) in [5.41, 5.74) is -0.778. The van der Waals surface area contributed by atoms with Crippen molar-refractivity contribution < 1.29 is 22.8 Å². The summed E-state index contributed by atoms with van der Waals surface area (Å²) in [5, 5.41) is 16.9. The molecule has 4 aromatic carbocycles. The number of hydrogen-bond acceptors (Lipinski definition) is 8. The Kier molecular flexibility index (Phi) is 11.4. The molecule has 4 aromatic rings. The van der Waals surface area contributed by atoms with Crippen LogP contribution in [0.5, 0.6) is 0 Å². The van der Waals surface area contributed by atoms with Gasteiger partial charge in [-0.15, -0.1) is 5.10 Å². The van der Waals surface area contributed by atoms with Crippen LogP contribution in [0, 0.1) is 0 Å². The van der Waals surface area contributed by atoms with Crippen molar-refractivity contribution in [2.45, 2.75) is 31.3 Å². The predicted octanol–water partition coefficient (Wildman–Crippen LogP) is 4.14. The highest BCUT2D eigenvalue weighted by Crippen LogP contribution is 2.28. The van der Waals surface area contributed by atoms with Crippen molar-refractivity contribution >= 4 is 50.6 Å². The first-order chi connectivity index (χ1) is 22.6. The third kappa shape index (κ3) is 8.60. The van der Waals surface area contributed by atoms with Gasteiger partial charge in [-0.2, -0.15) is 5.01 Å². The molecule has 1 atom stereocenters. The zero-order valence-corrected chi connectivity index (χ0v) is 27.0. The Bertz CT molecular complexity index is 1820. The lowest BCUT2D eigenvalue weighted by atomic mass is 10.1. The summed E-state index contributed by atoms with van der Waals surface area (Å²) in [6.45, 7) is 7.63. The van der Waals surface area contributed by atoms with Gasteiger partial charge in [0.05, 0.1) is 10.6 Å². The second-order valence-electron chi connectivity index (χ2n) is 10.2. The molecule has 1 aliphatic heterocycles. The summed E-state index contributed by atoms with van der Waals surface area (Å²) < 4.78 is 28.5. The first-order valence-electron chi connectivity index (χ1n) is 14.9. The number of hydrazone groups is 1. The summed E-state index contributed by atoms with van der Waals surface area (Å²) in [4.78, 5) is 39.8. The molecule has 0 spiro atoms. The van der Waals surface area contributed by atoms with Crippen LogP contribution in [0.25, 0.3) is 0 Å². The SMILES string of the molecule is CC(=O)NC1(Nc2ccccc2)C(=O)N(c2ccccc2)N=C1NC(=O)c1cccc(S(=O)(=O)Nc2ccccc2)c1.CCNCC. The lowest BCUT2D eigenvalue weighted by Crippen LogP contribution is -2.67. The van der Waals surface area contributed by atoms with Gasteiger partial charge in [-0.05, 0) is 67.7 Å². The summed E-state index contributed by atoms with van der Waals surface area (Å²) >= 11 is 0. The number of anilines is 3. The van der Waals surface area contributed by atoms with E-state index in [0.717, 1.165) is 18.1 Å². The van der Waals surface area contributed by atoms with Crippen molar-refractivity contribution in [1.29, 1.82) is 0 Å². The molecule has 1 aliphatic rings. The fraction of sp³-hybridized carbons (Fsp3) is 0.176. The second kappa shape index (κ2) is 15.7. The van der Waals surface area contributed by atoms with Crippen molar-refractivity contribution in [3.8, 4) is 0 Å². The highest BCUT2D eigenvalue weighted by atomic mass is 32.2. The summed E-state index contributed by atoms with van der Waals surface area (Å²) in [6, 6.07) is 30.9. The lowest BCUT2D eigenvalue weighted by molar-refractivity contribution is -0.127. The number of para-hydroxylation sites is 3. The minimum absolute atomic E-state index is 0.0179. The van der Waals surface area contributed by atoms with Crippen LogP contribution in [-0.4, -0.2) is 50.7 Å². The van der Waals surface area contributed by atoms with Crippen LogP contribution in [0.4, 0.5) is 17.1 Å². The minimum Gasteiger partial charge on any atom is -0.348 e. The number of carbonyl (C=O) groups is 3. The average molecular weight is 656 g/mol. The quantitative estimate of drug-likeness (QED) is 0.161. The Balaban J connectivity index is 0.000000930. The third-order valence-corrected chi connectivity index (χ3v) is 8.08. The third-order valence-electron chi connectivity index (χ3n) is 6.70. The monoisotopic (exact) mass is 655 g/mol. The number of carbonyl (C=O) groups excluding carboxylic acids is 3. The standard InChI is InChI=1S/C30H26N6O5S.C4H11N/c1-21(37)32-30(33-23-13-5-2-6-14-23)28(34-36(29(30)39)25-17-9-4-10-18-25)31-27(38)22-12-11-19-26(20-22)42(40,41)35-24-15-7-3-8-16-24;1-3-5-4-2/h2-20,33,35H,1H3,(H,32,37)(H,31,34,38);5H,3-4H2,1-2H3. The van der Waals surface area contributed by atoms with Gasteiger partial charge in [0.25, 0.3) is 21.6 Å². The van der Waals surface area contributed by atoms with E-state index in [0.29, 0.717) is 17.1 Å². The van der Waals surface area contributed by atoms with Crippen molar-refractivity contribution in [3.63, 3.8) is 0 Å². The van der Waals surface area contributed by atoms with Crippen molar-refractivity contribution in [2.24, 2.45) is 5.10 Å². The zero-order chi connectivity index (χ0) is 33.9. The fourth-order valence-corrected chi connectivity index (χ4v) is 5.66. The molecule has 1 unspecified atom stereocenters. The maximum atomic E-state index is 14.0. The number of sulfonamides is 1. The second-order valence-corrected chi connectivity index (χ2v) is 11.9. The topological polar surface area (TPSA) is 161 Å². The number of nitrogens with zero attached hydrogens (tertiary/aromatic N) is 2. The molecule has 1 heterocycles. The van der Waals surface area contributed by atoms with Crippen LogP contribution >= 0.6 is 0 Å². The number of benzene rings is 4. The van der Waals surface area contributed by atoms with Gasteiger partial charge in [0.1, 0.15) is 0 Å². The molecule has 0 aromatic heterocycles. The van der Waals surface area contributed by atoms with Crippen LogP contribution in [0.3, 0.4) is 0 Å². The van der Waals surface area contributed by atoms with Crippen molar-refractivity contribution in [2.75, 3.05) is 28.1 Å². The van der Waals surface area contributed by atoms with E-state index in [4.69, 9.17) is 0 Å². The van der Waals surface area contributed by atoms with Gasteiger partial charge < -0.3 is 21.3 Å². The van der Waals surface area contributed by atoms with E-state index in [1.807, 2.05) is 0 Å². The van der Waals surface area contributed by atoms with Gasteiger partial charge in [-0.25, -0.2) is 8.42 Å². The van der Waals surface area contributed by atoms with Gasteiger partial charge in [-0.3, -0.25) is 19.1 Å². The fourth-order valence-electron chi connectivity index (χ4n) is 4.56.